The van der Waals surface area contributed by atoms with Crippen molar-refractivity contribution < 1.29 is 19.5 Å². The first-order valence-electron chi connectivity index (χ1n) is 10.8. The Morgan fingerprint density at radius 1 is 0.806 bits per heavy atom. The minimum Gasteiger partial charge on any atom is -0.478 e. The predicted molar refractivity (Wildman–Crippen MR) is 117 cm³/mol. The number of benzene rings is 1. The Bertz CT molecular complexity index is 775. The van der Waals surface area contributed by atoms with Gasteiger partial charge >= 0.3 is 5.97 Å². The zero-order chi connectivity index (χ0) is 22.1. The molecule has 0 aliphatic carbocycles. The summed E-state index contributed by atoms with van der Waals surface area (Å²) in [6, 6.07) is 4.18. The number of rotatable bonds is 9. The molecule has 0 saturated carbocycles. The molecule has 3 rings (SSSR count). The van der Waals surface area contributed by atoms with Gasteiger partial charge in [0.15, 0.2) is 0 Å². The highest BCUT2D eigenvalue weighted by Gasteiger charge is 2.20. The van der Waals surface area contributed by atoms with Crippen molar-refractivity contribution in [3.63, 3.8) is 0 Å². The minimum absolute atomic E-state index is 0.0603. The van der Waals surface area contributed by atoms with E-state index in [0.717, 1.165) is 58.9 Å². The molecular weight excluding hydrogens is 400 g/mol. The molecule has 2 aliphatic rings. The Balaban J connectivity index is 1.53. The van der Waals surface area contributed by atoms with Crippen LogP contribution in [0.1, 0.15) is 31.1 Å². The van der Waals surface area contributed by atoms with Gasteiger partial charge in [-0.1, -0.05) is 0 Å². The molecule has 0 aromatic heterocycles. The van der Waals surface area contributed by atoms with E-state index >= 15 is 0 Å². The molecule has 10 nitrogen and oxygen atoms in total. The number of aromatic carboxylic acids is 1. The summed E-state index contributed by atoms with van der Waals surface area (Å²) in [5.41, 5.74) is 0.120. The van der Waals surface area contributed by atoms with E-state index in [1.807, 2.05) is 0 Å². The Kier molecular flexibility index (Phi) is 8.77. The highest BCUT2D eigenvalue weighted by molar-refractivity contribution is 6.07. The van der Waals surface area contributed by atoms with Gasteiger partial charge < -0.3 is 26.4 Å². The molecule has 0 bridgehead atoms. The number of hydrogen-bond donors (Lipinski definition) is 5. The maximum Gasteiger partial charge on any atom is 0.336 e. The lowest BCUT2D eigenvalue weighted by atomic mass is 10.0. The Labute approximate surface area is 182 Å². The third-order valence-electron chi connectivity index (χ3n) is 5.60. The van der Waals surface area contributed by atoms with Crippen LogP contribution in [0.25, 0.3) is 0 Å². The SMILES string of the molecule is O=C(NCCN1CCNCC1)c1ccc(C(=O)NCCN2CCNCC2)c(C(=O)O)c1. The number of piperazine rings is 2. The monoisotopic (exact) mass is 432 g/mol. The van der Waals surface area contributed by atoms with Crippen LogP contribution in [0.2, 0.25) is 0 Å². The van der Waals surface area contributed by atoms with Crippen LogP contribution in [0.15, 0.2) is 18.2 Å². The van der Waals surface area contributed by atoms with E-state index in [0.29, 0.717) is 19.6 Å². The third-order valence-corrected chi connectivity index (χ3v) is 5.60. The van der Waals surface area contributed by atoms with Gasteiger partial charge in [0.25, 0.3) is 11.8 Å². The van der Waals surface area contributed by atoms with Crippen molar-refractivity contribution in [1.29, 1.82) is 0 Å². The number of carboxylic acid groups (broad SMARTS) is 1. The maximum atomic E-state index is 12.5. The van der Waals surface area contributed by atoms with E-state index < -0.39 is 11.9 Å². The van der Waals surface area contributed by atoms with Gasteiger partial charge in [0, 0.05) is 84.1 Å². The van der Waals surface area contributed by atoms with Crippen molar-refractivity contribution in [2.75, 3.05) is 78.5 Å². The summed E-state index contributed by atoms with van der Waals surface area (Å²) in [6.45, 7) is 9.84. The van der Waals surface area contributed by atoms with Gasteiger partial charge in [-0.3, -0.25) is 19.4 Å². The number of carbonyl (C=O) groups is 3. The second kappa shape index (κ2) is 11.8. The van der Waals surface area contributed by atoms with Gasteiger partial charge in [0.05, 0.1) is 11.1 Å². The summed E-state index contributed by atoms with van der Waals surface area (Å²) in [5, 5.41) is 21.7. The fraction of sp³-hybridized carbons (Fsp3) is 0.571. The second-order valence-electron chi connectivity index (χ2n) is 7.76. The van der Waals surface area contributed by atoms with E-state index in [4.69, 9.17) is 0 Å². The Hall–Kier alpha value is -2.53. The Morgan fingerprint density at radius 2 is 1.32 bits per heavy atom. The smallest absolute Gasteiger partial charge is 0.336 e. The van der Waals surface area contributed by atoms with Gasteiger partial charge in [0.2, 0.25) is 0 Å². The zero-order valence-corrected chi connectivity index (χ0v) is 17.8. The van der Waals surface area contributed by atoms with E-state index in [9.17, 15) is 19.5 Å². The van der Waals surface area contributed by atoms with Crippen molar-refractivity contribution in [3.05, 3.63) is 34.9 Å². The molecule has 31 heavy (non-hydrogen) atoms. The molecule has 0 radical (unpaired) electrons. The number of nitrogens with one attached hydrogen (secondary N) is 4. The van der Waals surface area contributed by atoms with Crippen LogP contribution in [0.4, 0.5) is 0 Å². The van der Waals surface area contributed by atoms with Gasteiger partial charge in [-0.15, -0.1) is 0 Å². The molecule has 1 aromatic carbocycles. The average Bonchev–Trinajstić information content (AvgIpc) is 2.80. The van der Waals surface area contributed by atoms with Crippen LogP contribution < -0.4 is 21.3 Å². The number of carboxylic acids is 1. The first-order valence-corrected chi connectivity index (χ1v) is 10.8. The fourth-order valence-corrected chi connectivity index (χ4v) is 3.78. The molecule has 2 fully saturated rings. The number of nitrogens with zero attached hydrogens (tertiary/aromatic N) is 2. The van der Waals surface area contributed by atoms with Crippen LogP contribution in [0.5, 0.6) is 0 Å². The topological polar surface area (TPSA) is 126 Å². The van der Waals surface area contributed by atoms with E-state index in [2.05, 4.69) is 31.1 Å². The zero-order valence-electron chi connectivity index (χ0n) is 17.8. The highest BCUT2D eigenvalue weighted by Crippen LogP contribution is 2.13. The number of carbonyl (C=O) groups excluding carboxylic acids is 2. The molecule has 170 valence electrons. The summed E-state index contributed by atoms with van der Waals surface area (Å²) in [6.07, 6.45) is 0. The van der Waals surface area contributed by atoms with Gasteiger partial charge in [-0.05, 0) is 18.2 Å². The standard InChI is InChI=1S/C21H32N6O4/c28-19(24-7-13-26-9-3-22-4-10-26)16-1-2-17(18(15-16)21(30)31)20(29)25-8-14-27-11-5-23-6-12-27/h1-2,15,22-23H,3-14H2,(H,24,28)(H,25,29)(H,30,31). The van der Waals surface area contributed by atoms with Gasteiger partial charge in [-0.2, -0.15) is 0 Å². The van der Waals surface area contributed by atoms with E-state index in [1.54, 1.807) is 0 Å². The largest absolute Gasteiger partial charge is 0.478 e. The van der Waals surface area contributed by atoms with Crippen LogP contribution in [-0.4, -0.2) is 111 Å². The summed E-state index contributed by atoms with van der Waals surface area (Å²) in [4.78, 5) is 41.2. The molecule has 2 amide bonds. The summed E-state index contributed by atoms with van der Waals surface area (Å²) in [5.74, 6) is -2.02. The fourth-order valence-electron chi connectivity index (χ4n) is 3.78. The molecule has 0 atom stereocenters. The molecular formula is C21H32N6O4. The van der Waals surface area contributed by atoms with Gasteiger partial charge in [0.1, 0.15) is 0 Å². The predicted octanol–water partition coefficient (Wildman–Crippen LogP) is -1.35. The quantitative estimate of drug-likeness (QED) is 0.325. The van der Waals surface area contributed by atoms with Crippen LogP contribution in [0.3, 0.4) is 0 Å². The van der Waals surface area contributed by atoms with Crippen LogP contribution in [-0.2, 0) is 0 Å². The normalized spacial score (nSPS) is 17.8. The third kappa shape index (κ3) is 7.00. The van der Waals surface area contributed by atoms with Crippen molar-refractivity contribution in [1.82, 2.24) is 31.1 Å². The molecule has 1 aromatic rings. The molecule has 0 spiro atoms. The maximum absolute atomic E-state index is 12.5. The molecule has 2 heterocycles. The van der Waals surface area contributed by atoms with Crippen molar-refractivity contribution in [2.24, 2.45) is 0 Å². The lowest BCUT2D eigenvalue weighted by Gasteiger charge is -2.27. The molecule has 10 heteroatoms. The van der Waals surface area contributed by atoms with Crippen molar-refractivity contribution >= 4 is 17.8 Å². The number of hydrogen-bond acceptors (Lipinski definition) is 7. The lowest BCUT2D eigenvalue weighted by Crippen LogP contribution is -2.46. The number of amides is 2. The van der Waals surface area contributed by atoms with Gasteiger partial charge in [-0.25, -0.2) is 4.79 Å². The highest BCUT2D eigenvalue weighted by atomic mass is 16.4. The van der Waals surface area contributed by atoms with Crippen LogP contribution >= 0.6 is 0 Å². The van der Waals surface area contributed by atoms with Crippen molar-refractivity contribution in [2.45, 2.75) is 0 Å². The summed E-state index contributed by atoms with van der Waals surface area (Å²) in [7, 11) is 0. The molecule has 5 N–H and O–H groups in total. The van der Waals surface area contributed by atoms with Crippen LogP contribution in [0, 0.1) is 0 Å². The van der Waals surface area contributed by atoms with Crippen molar-refractivity contribution in [3.8, 4) is 0 Å². The van der Waals surface area contributed by atoms with E-state index in [-0.39, 0.29) is 22.6 Å². The first-order chi connectivity index (χ1) is 15.0. The molecule has 2 saturated heterocycles. The second-order valence-corrected chi connectivity index (χ2v) is 7.76. The Morgan fingerprint density at radius 3 is 1.84 bits per heavy atom. The molecule has 2 aliphatic heterocycles. The molecule has 0 unspecified atom stereocenters. The lowest BCUT2D eigenvalue weighted by molar-refractivity contribution is 0.0691. The van der Waals surface area contributed by atoms with E-state index in [1.165, 1.54) is 18.2 Å². The minimum atomic E-state index is -1.23. The average molecular weight is 433 g/mol. The summed E-state index contributed by atoms with van der Waals surface area (Å²) < 4.78 is 0. The summed E-state index contributed by atoms with van der Waals surface area (Å²) >= 11 is 0. The first kappa shape index (κ1) is 23.1.